The van der Waals surface area contributed by atoms with Crippen LogP contribution in [0.2, 0.25) is 0 Å². The molecule has 5 rings (SSSR count). The van der Waals surface area contributed by atoms with Crippen molar-refractivity contribution in [1.82, 2.24) is 19.7 Å². The summed E-state index contributed by atoms with van der Waals surface area (Å²) < 4.78 is 15.0. The van der Waals surface area contributed by atoms with Crippen LogP contribution in [-0.4, -0.2) is 59.0 Å². The fraction of sp³-hybridized carbons (Fsp3) is 0.450. The van der Waals surface area contributed by atoms with Gasteiger partial charge in [-0.3, -0.25) is 4.68 Å². The van der Waals surface area contributed by atoms with Crippen molar-refractivity contribution in [2.24, 2.45) is 7.05 Å². The van der Waals surface area contributed by atoms with Gasteiger partial charge in [-0.15, -0.1) is 0 Å². The molecule has 0 bridgehead atoms. The molecule has 0 N–H and O–H groups in total. The Hall–Kier alpha value is -2.90. The standard InChI is InChI=1S/C20H24FN7/c1-25-18-17(14-22-25)19(27-8-2-3-9-27)24-20(23-18)28-12-10-26(11-13-28)16-6-4-15(21)5-7-16/h4-7,14H,2-3,8-13H2,1H3. The van der Waals surface area contributed by atoms with Crippen LogP contribution in [-0.2, 0) is 7.05 Å². The number of piperazine rings is 1. The normalized spacial score (nSPS) is 17.7. The molecule has 0 atom stereocenters. The van der Waals surface area contributed by atoms with Crippen LogP contribution < -0.4 is 14.7 Å². The van der Waals surface area contributed by atoms with Gasteiger partial charge in [-0.2, -0.15) is 15.1 Å². The molecule has 1 aromatic carbocycles. The minimum atomic E-state index is -0.199. The number of hydrogen-bond donors (Lipinski definition) is 0. The topological polar surface area (TPSA) is 53.3 Å². The van der Waals surface area contributed by atoms with Crippen molar-refractivity contribution in [3.05, 3.63) is 36.3 Å². The maximum Gasteiger partial charge on any atom is 0.229 e. The predicted molar refractivity (Wildman–Crippen MR) is 109 cm³/mol. The molecule has 0 aliphatic carbocycles. The van der Waals surface area contributed by atoms with Crippen LogP contribution in [0.5, 0.6) is 0 Å². The van der Waals surface area contributed by atoms with Crippen LogP contribution in [0, 0.1) is 5.82 Å². The summed E-state index contributed by atoms with van der Waals surface area (Å²) in [5, 5.41) is 5.43. The first-order valence-corrected chi connectivity index (χ1v) is 9.89. The lowest BCUT2D eigenvalue weighted by Crippen LogP contribution is -2.47. The van der Waals surface area contributed by atoms with Gasteiger partial charge in [-0.05, 0) is 37.1 Å². The summed E-state index contributed by atoms with van der Waals surface area (Å²) in [6, 6.07) is 6.72. The Bertz CT molecular complexity index is 970. The van der Waals surface area contributed by atoms with E-state index in [-0.39, 0.29) is 5.82 Å². The van der Waals surface area contributed by atoms with Gasteiger partial charge in [0.2, 0.25) is 5.95 Å². The van der Waals surface area contributed by atoms with E-state index >= 15 is 0 Å². The molecule has 0 unspecified atom stereocenters. The molecule has 2 fully saturated rings. The monoisotopic (exact) mass is 381 g/mol. The van der Waals surface area contributed by atoms with E-state index in [1.54, 1.807) is 0 Å². The van der Waals surface area contributed by atoms with E-state index < -0.39 is 0 Å². The molecule has 0 amide bonds. The van der Waals surface area contributed by atoms with Crippen molar-refractivity contribution in [3.8, 4) is 0 Å². The Morgan fingerprint density at radius 3 is 2.21 bits per heavy atom. The van der Waals surface area contributed by atoms with Crippen molar-refractivity contribution in [2.45, 2.75) is 12.8 Å². The van der Waals surface area contributed by atoms with Crippen LogP contribution in [0.25, 0.3) is 11.0 Å². The quantitative estimate of drug-likeness (QED) is 0.695. The van der Waals surface area contributed by atoms with Gasteiger partial charge in [0.25, 0.3) is 0 Å². The summed E-state index contributed by atoms with van der Waals surface area (Å²) in [5.74, 6) is 1.58. The summed E-state index contributed by atoms with van der Waals surface area (Å²) >= 11 is 0. The Morgan fingerprint density at radius 2 is 1.50 bits per heavy atom. The zero-order valence-corrected chi connectivity index (χ0v) is 16.1. The van der Waals surface area contributed by atoms with E-state index in [4.69, 9.17) is 9.97 Å². The van der Waals surface area contributed by atoms with Crippen LogP contribution in [0.15, 0.2) is 30.5 Å². The van der Waals surface area contributed by atoms with Crippen LogP contribution in [0.3, 0.4) is 0 Å². The maximum atomic E-state index is 13.2. The minimum Gasteiger partial charge on any atom is -0.368 e. The number of rotatable bonds is 3. The molecule has 28 heavy (non-hydrogen) atoms. The number of aromatic nitrogens is 4. The van der Waals surface area contributed by atoms with E-state index in [2.05, 4.69) is 19.8 Å². The van der Waals surface area contributed by atoms with Crippen molar-refractivity contribution in [3.63, 3.8) is 0 Å². The number of benzene rings is 1. The SMILES string of the molecule is Cn1ncc2c(N3CCCC3)nc(N3CCN(c4ccc(F)cc4)CC3)nc21. The molecule has 2 aliphatic heterocycles. The molecule has 0 radical (unpaired) electrons. The van der Waals surface area contributed by atoms with Crippen LogP contribution in [0.1, 0.15) is 12.8 Å². The molecule has 146 valence electrons. The lowest BCUT2D eigenvalue weighted by atomic mass is 10.2. The second-order valence-corrected chi connectivity index (χ2v) is 7.50. The van der Waals surface area contributed by atoms with Crippen molar-refractivity contribution in [1.29, 1.82) is 0 Å². The zero-order valence-electron chi connectivity index (χ0n) is 16.1. The van der Waals surface area contributed by atoms with Crippen LogP contribution >= 0.6 is 0 Å². The Balaban J connectivity index is 1.40. The largest absolute Gasteiger partial charge is 0.368 e. The van der Waals surface area contributed by atoms with Gasteiger partial charge in [0.15, 0.2) is 5.65 Å². The van der Waals surface area contributed by atoms with Gasteiger partial charge in [-0.25, -0.2) is 4.39 Å². The van der Waals surface area contributed by atoms with E-state index in [9.17, 15) is 4.39 Å². The van der Waals surface area contributed by atoms with E-state index in [1.807, 2.05) is 30.1 Å². The number of hydrogen-bond acceptors (Lipinski definition) is 6. The molecule has 2 aliphatic rings. The van der Waals surface area contributed by atoms with Gasteiger partial charge in [0.05, 0.1) is 11.6 Å². The fourth-order valence-electron chi connectivity index (χ4n) is 4.12. The molecule has 8 heteroatoms. The lowest BCUT2D eigenvalue weighted by molar-refractivity contribution is 0.623. The van der Waals surface area contributed by atoms with Gasteiger partial charge in [-0.1, -0.05) is 0 Å². The summed E-state index contributed by atoms with van der Waals surface area (Å²) in [4.78, 5) is 16.6. The minimum absolute atomic E-state index is 0.199. The summed E-state index contributed by atoms with van der Waals surface area (Å²) in [6.45, 7) is 5.47. The summed E-state index contributed by atoms with van der Waals surface area (Å²) in [7, 11) is 1.93. The lowest BCUT2D eigenvalue weighted by Gasteiger charge is -2.36. The molecule has 0 spiro atoms. The molecule has 2 saturated heterocycles. The first-order chi connectivity index (χ1) is 13.7. The molecule has 2 aromatic heterocycles. The highest BCUT2D eigenvalue weighted by atomic mass is 19.1. The smallest absolute Gasteiger partial charge is 0.229 e. The third-order valence-electron chi connectivity index (χ3n) is 5.72. The second-order valence-electron chi connectivity index (χ2n) is 7.50. The van der Waals surface area contributed by atoms with Crippen molar-refractivity contribution >= 4 is 28.5 Å². The average Bonchev–Trinajstić information content (AvgIpc) is 3.39. The molecular weight excluding hydrogens is 357 g/mol. The van der Waals surface area contributed by atoms with Gasteiger partial charge < -0.3 is 14.7 Å². The van der Waals surface area contributed by atoms with Gasteiger partial charge in [0, 0.05) is 52.0 Å². The van der Waals surface area contributed by atoms with E-state index in [1.165, 1.54) is 25.0 Å². The first kappa shape index (κ1) is 17.2. The third kappa shape index (κ3) is 3.02. The third-order valence-corrected chi connectivity index (χ3v) is 5.72. The molecule has 4 heterocycles. The number of anilines is 3. The highest BCUT2D eigenvalue weighted by Gasteiger charge is 2.24. The molecular formula is C20H24FN7. The van der Waals surface area contributed by atoms with E-state index in [0.29, 0.717) is 0 Å². The maximum absolute atomic E-state index is 13.2. The average molecular weight is 381 g/mol. The molecule has 7 nitrogen and oxygen atoms in total. The van der Waals surface area contributed by atoms with Crippen LogP contribution in [0.4, 0.5) is 21.8 Å². The van der Waals surface area contributed by atoms with E-state index in [0.717, 1.165) is 67.8 Å². The van der Waals surface area contributed by atoms with Crippen molar-refractivity contribution < 1.29 is 4.39 Å². The predicted octanol–water partition coefficient (Wildman–Crippen LogP) is 2.43. The molecule has 3 aromatic rings. The second kappa shape index (κ2) is 6.92. The Labute approximate surface area is 163 Å². The summed E-state index contributed by atoms with van der Waals surface area (Å²) in [5.41, 5.74) is 1.94. The summed E-state index contributed by atoms with van der Waals surface area (Å²) in [6.07, 6.45) is 4.29. The number of halogens is 1. The number of aryl methyl sites for hydroxylation is 1. The Morgan fingerprint density at radius 1 is 0.821 bits per heavy atom. The highest BCUT2D eigenvalue weighted by Crippen LogP contribution is 2.29. The van der Waals surface area contributed by atoms with Gasteiger partial charge in [0.1, 0.15) is 11.6 Å². The Kier molecular flexibility index (Phi) is 4.26. The van der Waals surface area contributed by atoms with Gasteiger partial charge >= 0.3 is 0 Å². The van der Waals surface area contributed by atoms with Crippen molar-refractivity contribution in [2.75, 3.05) is 54.0 Å². The highest BCUT2D eigenvalue weighted by molar-refractivity contribution is 5.88. The number of fused-ring (bicyclic) bond motifs is 1. The molecule has 0 saturated carbocycles. The fourth-order valence-corrected chi connectivity index (χ4v) is 4.12. The first-order valence-electron chi connectivity index (χ1n) is 9.89. The number of nitrogens with zero attached hydrogens (tertiary/aromatic N) is 7. The zero-order chi connectivity index (χ0) is 19.1.